The zero-order chi connectivity index (χ0) is 16.3. The summed E-state index contributed by atoms with van der Waals surface area (Å²) in [5.41, 5.74) is 3.16. The summed E-state index contributed by atoms with van der Waals surface area (Å²) in [4.78, 5) is 16.4. The lowest BCUT2D eigenvalue weighted by Gasteiger charge is -2.06. The Morgan fingerprint density at radius 2 is 1.91 bits per heavy atom. The Morgan fingerprint density at radius 3 is 2.70 bits per heavy atom. The van der Waals surface area contributed by atoms with Gasteiger partial charge in [0.2, 0.25) is 5.91 Å². The van der Waals surface area contributed by atoms with Gasteiger partial charge in [-0.25, -0.2) is 13.4 Å². The number of carbonyl (C=O) groups is 1. The van der Waals surface area contributed by atoms with Crippen molar-refractivity contribution < 1.29 is 13.2 Å². The average Bonchev–Trinajstić information content (AvgIpc) is 3.02. The molecule has 1 amide bonds. The maximum Gasteiger partial charge on any atom is 0.225 e. The summed E-state index contributed by atoms with van der Waals surface area (Å²) in [6, 6.07) is 13.6. The lowest BCUT2D eigenvalue weighted by atomic mass is 10.3. The molecule has 0 fully saturated rings. The van der Waals surface area contributed by atoms with Gasteiger partial charge in [-0.15, -0.1) is 11.3 Å². The number of rotatable bonds is 5. The maximum absolute atomic E-state index is 12.1. The summed E-state index contributed by atoms with van der Waals surface area (Å²) in [5, 5.41) is 2.71. The summed E-state index contributed by atoms with van der Waals surface area (Å²) >= 11 is 1.52. The molecule has 0 bridgehead atoms. The van der Waals surface area contributed by atoms with E-state index < -0.39 is 9.84 Å². The molecule has 1 heterocycles. The Hall–Kier alpha value is -2.25. The van der Waals surface area contributed by atoms with E-state index >= 15 is 0 Å². The number of hydrogen-bond donors (Lipinski definition) is 1. The first-order valence-corrected chi connectivity index (χ1v) is 9.49. The van der Waals surface area contributed by atoms with Crippen molar-refractivity contribution >= 4 is 43.0 Å². The van der Waals surface area contributed by atoms with E-state index in [1.807, 2.05) is 6.07 Å². The van der Waals surface area contributed by atoms with E-state index in [4.69, 9.17) is 0 Å². The van der Waals surface area contributed by atoms with Gasteiger partial charge in [-0.05, 0) is 30.3 Å². The van der Waals surface area contributed by atoms with Crippen molar-refractivity contribution in [2.24, 2.45) is 0 Å². The topological polar surface area (TPSA) is 76.1 Å². The van der Waals surface area contributed by atoms with Crippen LogP contribution in [0.4, 0.5) is 5.69 Å². The van der Waals surface area contributed by atoms with Crippen molar-refractivity contribution in [1.29, 1.82) is 0 Å². The van der Waals surface area contributed by atoms with Crippen LogP contribution in [0.25, 0.3) is 10.2 Å². The van der Waals surface area contributed by atoms with Crippen LogP contribution >= 0.6 is 11.3 Å². The molecule has 0 saturated carbocycles. The van der Waals surface area contributed by atoms with Crippen LogP contribution in [0, 0.1) is 0 Å². The molecule has 7 heteroatoms. The summed E-state index contributed by atoms with van der Waals surface area (Å²) in [6.45, 7) is 0. The smallest absolute Gasteiger partial charge is 0.225 e. The van der Waals surface area contributed by atoms with Crippen LogP contribution in [0.1, 0.15) is 6.42 Å². The molecule has 118 valence electrons. The van der Waals surface area contributed by atoms with Crippen LogP contribution in [0.3, 0.4) is 0 Å². The first kappa shape index (κ1) is 15.6. The minimum Gasteiger partial charge on any atom is -0.326 e. The number of amides is 1. The van der Waals surface area contributed by atoms with Gasteiger partial charge in [0, 0.05) is 12.1 Å². The first-order valence-electron chi connectivity index (χ1n) is 6.95. The van der Waals surface area contributed by atoms with Gasteiger partial charge in [-0.2, -0.15) is 0 Å². The molecule has 0 radical (unpaired) electrons. The summed E-state index contributed by atoms with van der Waals surface area (Å²) < 4.78 is 25.3. The standard InChI is InChI=1S/C16H14N2O3S2/c19-16(8-9-23(20,21)13-4-2-1-3-5-13)18-12-6-7-15-14(10-12)17-11-22-15/h1-7,10-11H,8-9H2,(H,18,19). The molecule has 0 atom stereocenters. The summed E-state index contributed by atoms with van der Waals surface area (Å²) in [5.74, 6) is -0.555. The molecule has 0 aliphatic carbocycles. The van der Waals surface area contributed by atoms with Crippen LogP contribution in [0.5, 0.6) is 0 Å². The van der Waals surface area contributed by atoms with Gasteiger partial charge in [0.15, 0.2) is 9.84 Å². The molecule has 3 aromatic rings. The molecular weight excluding hydrogens is 332 g/mol. The number of carbonyl (C=O) groups excluding carboxylic acids is 1. The largest absolute Gasteiger partial charge is 0.326 e. The van der Waals surface area contributed by atoms with Gasteiger partial charge in [-0.1, -0.05) is 18.2 Å². The molecule has 23 heavy (non-hydrogen) atoms. The summed E-state index contributed by atoms with van der Waals surface area (Å²) in [7, 11) is -3.44. The quantitative estimate of drug-likeness (QED) is 0.770. The monoisotopic (exact) mass is 346 g/mol. The Labute approximate surface area is 137 Å². The highest BCUT2D eigenvalue weighted by atomic mass is 32.2. The molecule has 1 aromatic heterocycles. The number of thiazole rings is 1. The number of nitrogens with zero attached hydrogens (tertiary/aromatic N) is 1. The fourth-order valence-corrected chi connectivity index (χ4v) is 4.05. The van der Waals surface area contributed by atoms with Crippen molar-refractivity contribution in [2.45, 2.75) is 11.3 Å². The molecule has 2 aromatic carbocycles. The predicted octanol–water partition coefficient (Wildman–Crippen LogP) is 3.10. The van der Waals surface area contributed by atoms with E-state index in [9.17, 15) is 13.2 Å². The number of benzene rings is 2. The second-order valence-corrected chi connectivity index (χ2v) is 7.96. The highest BCUT2D eigenvalue weighted by Gasteiger charge is 2.16. The first-order chi connectivity index (χ1) is 11.0. The van der Waals surface area contributed by atoms with Gasteiger partial charge in [0.1, 0.15) is 0 Å². The molecule has 3 rings (SSSR count). The number of nitrogens with one attached hydrogen (secondary N) is 1. The van der Waals surface area contributed by atoms with E-state index in [0.29, 0.717) is 5.69 Å². The average molecular weight is 346 g/mol. The van der Waals surface area contributed by atoms with Crippen LogP contribution < -0.4 is 5.32 Å². The van der Waals surface area contributed by atoms with E-state index in [2.05, 4.69) is 10.3 Å². The van der Waals surface area contributed by atoms with Gasteiger partial charge < -0.3 is 5.32 Å². The number of sulfone groups is 1. The Balaban J connectivity index is 1.63. The van der Waals surface area contributed by atoms with Crippen LogP contribution in [0.15, 0.2) is 58.9 Å². The van der Waals surface area contributed by atoms with E-state index in [1.165, 1.54) is 23.5 Å². The highest BCUT2D eigenvalue weighted by Crippen LogP contribution is 2.21. The lowest BCUT2D eigenvalue weighted by molar-refractivity contribution is -0.115. The number of aromatic nitrogens is 1. The SMILES string of the molecule is O=C(CCS(=O)(=O)c1ccccc1)Nc1ccc2scnc2c1. The second kappa shape index (κ2) is 6.47. The second-order valence-electron chi connectivity index (χ2n) is 4.96. The van der Waals surface area contributed by atoms with Crippen LogP contribution in [-0.4, -0.2) is 25.1 Å². The fraction of sp³-hybridized carbons (Fsp3) is 0.125. The molecule has 0 spiro atoms. The van der Waals surface area contributed by atoms with Gasteiger partial charge in [0.25, 0.3) is 0 Å². The lowest BCUT2D eigenvalue weighted by Crippen LogP contribution is -2.17. The third kappa shape index (κ3) is 3.75. The normalized spacial score (nSPS) is 11.5. The van der Waals surface area contributed by atoms with Crippen LogP contribution in [0.2, 0.25) is 0 Å². The van der Waals surface area contributed by atoms with Crippen molar-refractivity contribution in [2.75, 3.05) is 11.1 Å². The van der Waals surface area contributed by atoms with Crippen molar-refractivity contribution in [3.8, 4) is 0 Å². The Morgan fingerprint density at radius 1 is 1.13 bits per heavy atom. The molecule has 1 N–H and O–H groups in total. The van der Waals surface area contributed by atoms with Gasteiger partial charge in [0.05, 0.1) is 26.4 Å². The third-order valence-electron chi connectivity index (χ3n) is 3.31. The Bertz CT molecular complexity index is 934. The van der Waals surface area contributed by atoms with E-state index in [1.54, 1.807) is 35.8 Å². The molecule has 5 nitrogen and oxygen atoms in total. The maximum atomic E-state index is 12.1. The van der Waals surface area contributed by atoms with Gasteiger partial charge >= 0.3 is 0 Å². The predicted molar refractivity (Wildman–Crippen MR) is 91.4 cm³/mol. The molecule has 0 unspecified atom stereocenters. The van der Waals surface area contributed by atoms with Crippen LogP contribution in [-0.2, 0) is 14.6 Å². The molecular formula is C16H14N2O3S2. The number of fused-ring (bicyclic) bond motifs is 1. The van der Waals surface area contributed by atoms with Crippen molar-refractivity contribution in [3.63, 3.8) is 0 Å². The third-order valence-corrected chi connectivity index (χ3v) is 5.86. The van der Waals surface area contributed by atoms with Gasteiger partial charge in [-0.3, -0.25) is 4.79 Å². The number of hydrogen-bond acceptors (Lipinski definition) is 5. The Kier molecular flexibility index (Phi) is 4.40. The summed E-state index contributed by atoms with van der Waals surface area (Å²) in [6.07, 6.45) is -0.0909. The zero-order valence-electron chi connectivity index (χ0n) is 12.1. The minimum atomic E-state index is -3.44. The van der Waals surface area contributed by atoms with Crippen molar-refractivity contribution in [3.05, 3.63) is 54.0 Å². The highest BCUT2D eigenvalue weighted by molar-refractivity contribution is 7.91. The zero-order valence-corrected chi connectivity index (χ0v) is 13.7. The fourth-order valence-electron chi connectivity index (χ4n) is 2.13. The number of anilines is 1. The molecule has 0 aliphatic heterocycles. The molecule has 0 aliphatic rings. The minimum absolute atomic E-state index is 0.0909. The molecule has 0 saturated heterocycles. The van der Waals surface area contributed by atoms with E-state index in [-0.39, 0.29) is 23.0 Å². The van der Waals surface area contributed by atoms with E-state index in [0.717, 1.165) is 10.2 Å². The van der Waals surface area contributed by atoms with Crippen molar-refractivity contribution in [1.82, 2.24) is 4.98 Å².